The number of anilines is 1. The van der Waals surface area contributed by atoms with Crippen molar-refractivity contribution < 1.29 is 26.3 Å². The minimum Gasteiger partial charge on any atom is -0.406 e. The van der Waals surface area contributed by atoms with Crippen molar-refractivity contribution in [3.63, 3.8) is 0 Å². The van der Waals surface area contributed by atoms with E-state index in [4.69, 9.17) is 0 Å². The van der Waals surface area contributed by atoms with Crippen molar-refractivity contribution in [2.75, 3.05) is 30.5 Å². The van der Waals surface area contributed by atoms with Gasteiger partial charge in [0, 0.05) is 19.6 Å². The number of benzene rings is 3. The molecule has 0 aliphatic carbocycles. The standard InChI is InChI=1S/C27H29F3N2O3S/c28-27(29,30)35-25-13-15-26(16-14-25)36(33,34)32(24-11-5-2-6-12-24)21-23-10-7-18-31(20-23)19-17-22-8-3-1-4-9-22/h1-6,8-9,11-16,23H,7,10,17-21H2. The smallest absolute Gasteiger partial charge is 0.406 e. The van der Waals surface area contributed by atoms with Crippen LogP contribution in [0.5, 0.6) is 5.75 Å². The zero-order chi connectivity index (χ0) is 25.6. The van der Waals surface area contributed by atoms with Crippen molar-refractivity contribution in [1.29, 1.82) is 0 Å². The van der Waals surface area contributed by atoms with Crippen LogP contribution in [0, 0.1) is 5.92 Å². The Kier molecular flexibility index (Phi) is 8.21. The molecule has 1 aliphatic heterocycles. The summed E-state index contributed by atoms with van der Waals surface area (Å²) >= 11 is 0. The highest BCUT2D eigenvalue weighted by Crippen LogP contribution is 2.29. The Morgan fingerprint density at radius 3 is 2.19 bits per heavy atom. The maximum atomic E-state index is 13.6. The van der Waals surface area contributed by atoms with Gasteiger partial charge in [0.15, 0.2) is 0 Å². The lowest BCUT2D eigenvalue weighted by Gasteiger charge is -2.36. The van der Waals surface area contributed by atoms with Crippen LogP contribution in [0.1, 0.15) is 18.4 Å². The van der Waals surface area contributed by atoms with E-state index in [0.717, 1.165) is 63.2 Å². The third kappa shape index (κ3) is 7.01. The zero-order valence-corrected chi connectivity index (χ0v) is 20.6. The fourth-order valence-corrected chi connectivity index (χ4v) is 6.09. The molecule has 1 saturated heterocycles. The molecule has 36 heavy (non-hydrogen) atoms. The predicted molar refractivity (Wildman–Crippen MR) is 133 cm³/mol. The number of para-hydroxylation sites is 1. The summed E-state index contributed by atoms with van der Waals surface area (Å²) in [6, 6.07) is 23.4. The molecule has 1 heterocycles. The third-order valence-electron chi connectivity index (χ3n) is 6.28. The lowest BCUT2D eigenvalue weighted by molar-refractivity contribution is -0.274. The van der Waals surface area contributed by atoms with Crippen molar-refractivity contribution in [2.24, 2.45) is 5.92 Å². The van der Waals surface area contributed by atoms with E-state index in [1.54, 1.807) is 24.3 Å². The molecule has 5 nitrogen and oxygen atoms in total. The molecule has 0 spiro atoms. The van der Waals surface area contributed by atoms with Gasteiger partial charge in [-0.25, -0.2) is 8.42 Å². The van der Waals surface area contributed by atoms with Gasteiger partial charge in [0.2, 0.25) is 0 Å². The number of halogens is 3. The van der Waals surface area contributed by atoms with Gasteiger partial charge < -0.3 is 9.64 Å². The fraction of sp³-hybridized carbons (Fsp3) is 0.333. The highest BCUT2D eigenvalue weighted by Gasteiger charge is 2.32. The molecule has 0 saturated carbocycles. The highest BCUT2D eigenvalue weighted by molar-refractivity contribution is 7.92. The summed E-state index contributed by atoms with van der Waals surface area (Å²) in [6.45, 7) is 2.94. The van der Waals surface area contributed by atoms with Crippen molar-refractivity contribution in [3.8, 4) is 5.75 Å². The molecule has 0 radical (unpaired) electrons. The van der Waals surface area contributed by atoms with E-state index >= 15 is 0 Å². The minimum atomic E-state index is -4.84. The Labute approximate surface area is 210 Å². The third-order valence-corrected chi connectivity index (χ3v) is 8.08. The van der Waals surface area contributed by atoms with Crippen molar-refractivity contribution in [2.45, 2.75) is 30.5 Å². The van der Waals surface area contributed by atoms with E-state index in [9.17, 15) is 21.6 Å². The summed E-state index contributed by atoms with van der Waals surface area (Å²) < 4.78 is 70.1. The molecule has 1 unspecified atom stereocenters. The number of piperidine rings is 1. The fourth-order valence-electron chi connectivity index (χ4n) is 4.55. The lowest BCUT2D eigenvalue weighted by atomic mass is 9.97. The molecule has 0 bridgehead atoms. The summed E-state index contributed by atoms with van der Waals surface area (Å²) in [7, 11) is -4.01. The lowest BCUT2D eigenvalue weighted by Crippen LogP contribution is -2.43. The van der Waals surface area contributed by atoms with Crippen molar-refractivity contribution in [3.05, 3.63) is 90.5 Å². The Hall–Kier alpha value is -3.04. The van der Waals surface area contributed by atoms with Crippen LogP contribution in [-0.2, 0) is 16.4 Å². The van der Waals surface area contributed by atoms with Gasteiger partial charge in [-0.2, -0.15) is 0 Å². The molecule has 3 aromatic carbocycles. The van der Waals surface area contributed by atoms with Gasteiger partial charge in [0.25, 0.3) is 10.0 Å². The van der Waals surface area contributed by atoms with E-state index in [1.165, 1.54) is 9.87 Å². The van der Waals surface area contributed by atoms with Crippen LogP contribution in [0.15, 0.2) is 89.8 Å². The largest absolute Gasteiger partial charge is 0.573 e. The topological polar surface area (TPSA) is 49.9 Å². The van der Waals surface area contributed by atoms with Gasteiger partial charge in [-0.05, 0) is 73.7 Å². The second-order valence-corrected chi connectivity index (χ2v) is 10.8. The number of nitrogens with zero attached hydrogens (tertiary/aromatic N) is 2. The first-order valence-corrected chi connectivity index (χ1v) is 13.3. The van der Waals surface area contributed by atoms with Crippen LogP contribution in [0.4, 0.5) is 18.9 Å². The van der Waals surface area contributed by atoms with E-state index in [0.29, 0.717) is 5.69 Å². The molecule has 0 amide bonds. The van der Waals surface area contributed by atoms with Gasteiger partial charge in [-0.3, -0.25) is 4.31 Å². The number of hydrogen-bond donors (Lipinski definition) is 0. The summed E-state index contributed by atoms with van der Waals surface area (Å²) in [5.41, 5.74) is 1.79. The van der Waals surface area contributed by atoms with Gasteiger partial charge in [-0.15, -0.1) is 13.2 Å². The van der Waals surface area contributed by atoms with Crippen molar-refractivity contribution in [1.82, 2.24) is 4.90 Å². The van der Waals surface area contributed by atoms with Crippen LogP contribution >= 0.6 is 0 Å². The molecular formula is C27H29F3N2O3S. The van der Waals surface area contributed by atoms with Gasteiger partial charge in [0.05, 0.1) is 10.6 Å². The first kappa shape index (κ1) is 26.0. The molecule has 9 heteroatoms. The number of rotatable bonds is 9. The monoisotopic (exact) mass is 518 g/mol. The first-order valence-electron chi connectivity index (χ1n) is 11.9. The summed E-state index contributed by atoms with van der Waals surface area (Å²) in [5, 5.41) is 0. The number of alkyl halides is 3. The molecule has 3 aromatic rings. The Bertz CT molecular complexity index is 1200. The Morgan fingerprint density at radius 2 is 1.56 bits per heavy atom. The van der Waals surface area contributed by atoms with Crippen LogP contribution in [-0.4, -0.2) is 45.9 Å². The van der Waals surface area contributed by atoms with Crippen molar-refractivity contribution >= 4 is 15.7 Å². The normalized spacial score (nSPS) is 17.0. The molecule has 0 N–H and O–H groups in total. The summed E-state index contributed by atoms with van der Waals surface area (Å²) in [4.78, 5) is 2.29. The Morgan fingerprint density at radius 1 is 0.917 bits per heavy atom. The van der Waals surface area contributed by atoms with Crippen LogP contribution < -0.4 is 9.04 Å². The van der Waals surface area contributed by atoms with Gasteiger partial charge in [0.1, 0.15) is 5.75 Å². The highest BCUT2D eigenvalue weighted by atomic mass is 32.2. The molecular weight excluding hydrogens is 489 g/mol. The van der Waals surface area contributed by atoms with Gasteiger partial charge >= 0.3 is 6.36 Å². The predicted octanol–water partition coefficient (Wildman–Crippen LogP) is 5.74. The SMILES string of the molecule is O=S(=O)(c1ccc(OC(F)(F)F)cc1)N(CC1CCCN(CCc2ccccc2)C1)c1ccccc1. The average Bonchev–Trinajstić information content (AvgIpc) is 2.87. The number of hydrogen-bond acceptors (Lipinski definition) is 4. The number of likely N-dealkylation sites (tertiary alicyclic amines) is 1. The second kappa shape index (κ2) is 11.3. The zero-order valence-electron chi connectivity index (χ0n) is 19.8. The van der Waals surface area contributed by atoms with Gasteiger partial charge in [-0.1, -0.05) is 48.5 Å². The maximum absolute atomic E-state index is 13.6. The minimum absolute atomic E-state index is 0.0855. The quantitative estimate of drug-likeness (QED) is 0.363. The van der Waals surface area contributed by atoms with E-state index in [2.05, 4.69) is 21.8 Å². The number of sulfonamides is 1. The molecule has 1 atom stereocenters. The molecule has 1 aliphatic rings. The molecule has 1 fully saturated rings. The van der Waals surface area contributed by atoms with E-state index < -0.39 is 22.1 Å². The molecule has 4 rings (SSSR count). The Balaban J connectivity index is 1.50. The molecule has 192 valence electrons. The average molecular weight is 519 g/mol. The van der Waals surface area contributed by atoms with E-state index in [-0.39, 0.29) is 17.4 Å². The summed E-state index contributed by atoms with van der Waals surface area (Å²) in [5.74, 6) is -0.341. The molecule has 0 aromatic heterocycles. The van der Waals surface area contributed by atoms with E-state index in [1.807, 2.05) is 24.3 Å². The van der Waals surface area contributed by atoms with Crippen LogP contribution in [0.2, 0.25) is 0 Å². The van der Waals surface area contributed by atoms with Crippen LogP contribution in [0.25, 0.3) is 0 Å². The first-order chi connectivity index (χ1) is 17.2. The number of ether oxygens (including phenoxy) is 1. The maximum Gasteiger partial charge on any atom is 0.573 e. The van der Waals surface area contributed by atoms with Crippen LogP contribution in [0.3, 0.4) is 0 Å². The summed E-state index contributed by atoms with van der Waals surface area (Å²) in [6.07, 6.45) is -2.03. The second-order valence-electron chi connectivity index (χ2n) is 8.94.